The lowest BCUT2D eigenvalue weighted by atomic mass is 10.2. The minimum atomic E-state index is -0.685. The Morgan fingerprint density at radius 2 is 2.30 bits per heavy atom. The van der Waals surface area contributed by atoms with Crippen LogP contribution in [-0.4, -0.2) is 54.9 Å². The van der Waals surface area contributed by atoms with Crippen LogP contribution in [0.2, 0.25) is 0 Å². The van der Waals surface area contributed by atoms with Gasteiger partial charge >= 0.3 is 0 Å². The summed E-state index contributed by atoms with van der Waals surface area (Å²) >= 11 is 0. The minimum absolute atomic E-state index is 0.0375. The molecule has 0 bridgehead atoms. The van der Waals surface area contributed by atoms with Gasteiger partial charge in [-0.15, -0.1) is 0 Å². The maximum atomic E-state index is 13.4. The molecule has 5 nitrogen and oxygen atoms in total. The van der Waals surface area contributed by atoms with Crippen molar-refractivity contribution < 1.29 is 23.4 Å². The molecule has 2 rings (SSSR count). The normalized spacial score (nSPS) is 19.9. The second kappa shape index (κ2) is 6.74. The molecule has 1 atom stereocenters. The maximum absolute atomic E-state index is 13.4. The fourth-order valence-electron chi connectivity index (χ4n) is 2.02. The van der Waals surface area contributed by atoms with Gasteiger partial charge in [0.1, 0.15) is 11.6 Å². The van der Waals surface area contributed by atoms with E-state index in [2.05, 4.69) is 5.32 Å². The molecule has 1 fully saturated rings. The highest BCUT2D eigenvalue weighted by molar-refractivity contribution is 5.92. The molecule has 0 saturated carbocycles. The zero-order chi connectivity index (χ0) is 14.5. The van der Waals surface area contributed by atoms with E-state index in [0.717, 1.165) is 18.2 Å². The third-order valence-corrected chi connectivity index (χ3v) is 3.00. The lowest BCUT2D eigenvalue weighted by Gasteiger charge is -2.31. The number of nitrogens with zero attached hydrogens (tertiary/aromatic N) is 1. The molecular weight excluding hydrogens is 270 g/mol. The monoisotopic (exact) mass is 286 g/mol. The third-order valence-electron chi connectivity index (χ3n) is 3.00. The number of halogens is 2. The summed E-state index contributed by atoms with van der Waals surface area (Å²) in [5, 5.41) is 11.3. The number of morpholine rings is 1. The van der Waals surface area contributed by atoms with Crippen LogP contribution >= 0.6 is 0 Å². The van der Waals surface area contributed by atoms with Crippen molar-refractivity contribution >= 4 is 11.6 Å². The third kappa shape index (κ3) is 3.96. The van der Waals surface area contributed by atoms with Gasteiger partial charge in [-0.1, -0.05) is 0 Å². The van der Waals surface area contributed by atoms with Crippen LogP contribution < -0.4 is 5.32 Å². The maximum Gasteiger partial charge on any atom is 0.238 e. The fourth-order valence-corrected chi connectivity index (χ4v) is 2.02. The summed E-state index contributed by atoms with van der Waals surface area (Å²) < 4.78 is 31.6. The van der Waals surface area contributed by atoms with Crippen LogP contribution in [-0.2, 0) is 9.53 Å². The number of carbonyl (C=O) groups is 1. The Morgan fingerprint density at radius 1 is 1.50 bits per heavy atom. The quantitative estimate of drug-likeness (QED) is 0.851. The van der Waals surface area contributed by atoms with Crippen LogP contribution in [0.1, 0.15) is 0 Å². The number of hydrogen-bond acceptors (Lipinski definition) is 4. The number of nitrogens with one attached hydrogen (secondary N) is 1. The summed E-state index contributed by atoms with van der Waals surface area (Å²) in [7, 11) is 0. The molecule has 1 unspecified atom stereocenters. The molecular formula is C13H16F2N2O3. The highest BCUT2D eigenvalue weighted by Crippen LogP contribution is 2.15. The summed E-state index contributed by atoms with van der Waals surface area (Å²) in [6.45, 7) is 1.32. The Morgan fingerprint density at radius 3 is 3.05 bits per heavy atom. The molecule has 110 valence electrons. The number of aliphatic hydroxyl groups excluding tert-OH is 1. The van der Waals surface area contributed by atoms with E-state index in [-0.39, 0.29) is 24.9 Å². The molecule has 2 N–H and O–H groups in total. The van der Waals surface area contributed by atoms with Crippen LogP contribution in [0.3, 0.4) is 0 Å². The highest BCUT2D eigenvalue weighted by Gasteiger charge is 2.21. The molecule has 1 aromatic carbocycles. The molecule has 1 aliphatic rings. The van der Waals surface area contributed by atoms with Gasteiger partial charge in [-0.2, -0.15) is 0 Å². The molecule has 0 aliphatic carbocycles. The Hall–Kier alpha value is -1.57. The van der Waals surface area contributed by atoms with E-state index in [0.29, 0.717) is 19.7 Å². The average molecular weight is 286 g/mol. The summed E-state index contributed by atoms with van der Waals surface area (Å²) in [5.41, 5.74) is -0.179. The van der Waals surface area contributed by atoms with Gasteiger partial charge in [0.05, 0.1) is 31.5 Å². The number of amides is 1. The molecule has 0 aromatic heterocycles. The van der Waals surface area contributed by atoms with Crippen molar-refractivity contribution in [3.8, 4) is 0 Å². The number of hydrogen-bond donors (Lipinski definition) is 2. The number of ether oxygens (including phenoxy) is 1. The van der Waals surface area contributed by atoms with Crippen molar-refractivity contribution in [2.45, 2.75) is 6.10 Å². The molecule has 0 radical (unpaired) electrons. The second-order valence-electron chi connectivity index (χ2n) is 4.58. The number of anilines is 1. The topological polar surface area (TPSA) is 61.8 Å². The largest absolute Gasteiger partial charge is 0.394 e. The van der Waals surface area contributed by atoms with Crippen molar-refractivity contribution in [3.63, 3.8) is 0 Å². The van der Waals surface area contributed by atoms with Crippen LogP contribution in [0.4, 0.5) is 14.5 Å². The summed E-state index contributed by atoms with van der Waals surface area (Å²) in [6, 6.07) is 2.88. The lowest BCUT2D eigenvalue weighted by molar-refractivity contribution is -0.120. The van der Waals surface area contributed by atoms with Gasteiger partial charge in [0, 0.05) is 19.2 Å². The average Bonchev–Trinajstić information content (AvgIpc) is 2.43. The predicted molar refractivity (Wildman–Crippen MR) is 68.3 cm³/mol. The Labute approximate surface area is 115 Å². The van der Waals surface area contributed by atoms with Crippen molar-refractivity contribution in [1.29, 1.82) is 0 Å². The van der Waals surface area contributed by atoms with Crippen LogP contribution in [0.5, 0.6) is 0 Å². The van der Waals surface area contributed by atoms with Gasteiger partial charge in [0.2, 0.25) is 5.91 Å². The van der Waals surface area contributed by atoms with E-state index >= 15 is 0 Å². The van der Waals surface area contributed by atoms with Gasteiger partial charge < -0.3 is 15.2 Å². The Bertz CT molecular complexity index is 485. The zero-order valence-corrected chi connectivity index (χ0v) is 10.8. The van der Waals surface area contributed by atoms with E-state index in [1.165, 1.54) is 0 Å². The molecule has 1 amide bonds. The zero-order valence-electron chi connectivity index (χ0n) is 10.8. The van der Waals surface area contributed by atoms with Crippen LogP contribution in [0.25, 0.3) is 0 Å². The molecule has 1 heterocycles. The van der Waals surface area contributed by atoms with Crippen molar-refractivity contribution in [2.75, 3.05) is 38.2 Å². The Kier molecular flexibility index (Phi) is 4.99. The van der Waals surface area contributed by atoms with Gasteiger partial charge in [-0.3, -0.25) is 9.69 Å². The van der Waals surface area contributed by atoms with E-state index in [4.69, 9.17) is 9.84 Å². The van der Waals surface area contributed by atoms with Crippen molar-refractivity contribution in [1.82, 2.24) is 4.90 Å². The number of benzene rings is 1. The minimum Gasteiger partial charge on any atom is -0.394 e. The fraction of sp³-hybridized carbons (Fsp3) is 0.462. The van der Waals surface area contributed by atoms with E-state index in [1.54, 1.807) is 4.90 Å². The molecule has 20 heavy (non-hydrogen) atoms. The van der Waals surface area contributed by atoms with Crippen LogP contribution in [0, 0.1) is 11.6 Å². The first-order valence-corrected chi connectivity index (χ1v) is 6.28. The molecule has 0 spiro atoms. The molecule has 1 aliphatic heterocycles. The number of rotatable bonds is 4. The number of aliphatic hydroxyl groups is 1. The molecule has 1 aromatic rings. The van der Waals surface area contributed by atoms with E-state index < -0.39 is 17.5 Å². The standard InChI is InChI=1S/C13H16F2N2O3/c14-9-1-2-11(15)12(5-9)16-13(19)7-17-3-4-20-10(6-17)8-18/h1-2,5,10,18H,3-4,6-8H2,(H,16,19). The smallest absolute Gasteiger partial charge is 0.238 e. The van der Waals surface area contributed by atoms with Crippen molar-refractivity contribution in [2.24, 2.45) is 0 Å². The first kappa shape index (κ1) is 14.8. The predicted octanol–water partition coefficient (Wildman–Crippen LogP) is 0.596. The van der Waals surface area contributed by atoms with E-state index in [1.807, 2.05) is 0 Å². The number of carbonyl (C=O) groups excluding carboxylic acids is 1. The van der Waals surface area contributed by atoms with Gasteiger partial charge in [-0.05, 0) is 12.1 Å². The SMILES string of the molecule is O=C(CN1CCOC(CO)C1)Nc1cc(F)ccc1F. The van der Waals surface area contributed by atoms with Crippen LogP contribution in [0.15, 0.2) is 18.2 Å². The second-order valence-corrected chi connectivity index (χ2v) is 4.58. The highest BCUT2D eigenvalue weighted by atomic mass is 19.1. The first-order valence-electron chi connectivity index (χ1n) is 6.28. The molecule has 1 saturated heterocycles. The lowest BCUT2D eigenvalue weighted by Crippen LogP contribution is -2.46. The van der Waals surface area contributed by atoms with Gasteiger partial charge in [0.25, 0.3) is 0 Å². The van der Waals surface area contributed by atoms with Gasteiger partial charge in [-0.25, -0.2) is 8.78 Å². The summed E-state index contributed by atoms with van der Waals surface area (Å²) in [4.78, 5) is 13.6. The summed E-state index contributed by atoms with van der Waals surface area (Å²) in [5.74, 6) is -1.74. The van der Waals surface area contributed by atoms with Crippen molar-refractivity contribution in [3.05, 3.63) is 29.8 Å². The summed E-state index contributed by atoms with van der Waals surface area (Å²) in [6.07, 6.45) is -0.317. The Balaban J connectivity index is 1.90. The first-order chi connectivity index (χ1) is 9.58. The van der Waals surface area contributed by atoms with Gasteiger partial charge in [0.15, 0.2) is 0 Å². The molecule has 7 heteroatoms. The van der Waals surface area contributed by atoms with E-state index in [9.17, 15) is 13.6 Å².